The van der Waals surface area contributed by atoms with Crippen LogP contribution in [-0.2, 0) is 0 Å². The second kappa shape index (κ2) is 4.93. The highest BCUT2D eigenvalue weighted by Crippen LogP contribution is 2.19. The Morgan fingerprint density at radius 2 is 2.26 bits per heavy atom. The fourth-order valence-electron chi connectivity index (χ4n) is 2.17. The van der Waals surface area contributed by atoms with Crippen LogP contribution in [0, 0.1) is 6.92 Å². The van der Waals surface area contributed by atoms with Crippen molar-refractivity contribution in [2.24, 2.45) is 0 Å². The summed E-state index contributed by atoms with van der Waals surface area (Å²) in [6.07, 6.45) is 1.53. The zero-order valence-electron chi connectivity index (χ0n) is 10.7. The summed E-state index contributed by atoms with van der Waals surface area (Å²) in [6.45, 7) is 3.25. The summed E-state index contributed by atoms with van der Waals surface area (Å²) in [5.74, 6) is 1.70. The Balaban J connectivity index is 1.78. The van der Waals surface area contributed by atoms with Gasteiger partial charge in [0.25, 0.3) is 5.89 Å². The number of rotatable bonds is 2. The third kappa shape index (κ3) is 2.55. The Morgan fingerprint density at radius 1 is 1.37 bits per heavy atom. The molecule has 3 rings (SSSR count). The fraction of sp³-hybridized carbons (Fsp3) is 0.500. The molecule has 7 heteroatoms. The second-order valence-corrected chi connectivity index (χ2v) is 4.67. The molecule has 0 radical (unpaired) electrons. The van der Waals surface area contributed by atoms with Gasteiger partial charge in [0.05, 0.1) is 6.10 Å². The first kappa shape index (κ1) is 12.0. The van der Waals surface area contributed by atoms with Gasteiger partial charge in [-0.25, -0.2) is 0 Å². The predicted molar refractivity (Wildman–Crippen MR) is 67.5 cm³/mol. The molecule has 0 amide bonds. The van der Waals surface area contributed by atoms with E-state index < -0.39 is 0 Å². The van der Waals surface area contributed by atoms with Crippen molar-refractivity contribution in [1.82, 2.24) is 20.3 Å². The lowest BCUT2D eigenvalue weighted by atomic mass is 10.1. The Hall–Kier alpha value is -2.02. The number of piperidine rings is 1. The summed E-state index contributed by atoms with van der Waals surface area (Å²) >= 11 is 0. The Labute approximate surface area is 110 Å². The highest BCUT2D eigenvalue weighted by atomic mass is 16.5. The number of aromatic nitrogens is 4. The van der Waals surface area contributed by atoms with Crippen molar-refractivity contribution in [3.63, 3.8) is 0 Å². The van der Waals surface area contributed by atoms with E-state index in [0.717, 1.165) is 25.2 Å². The van der Waals surface area contributed by atoms with E-state index in [1.807, 2.05) is 11.0 Å². The minimum absolute atomic E-state index is 0.284. The molecular weight excluding hydrogens is 246 g/mol. The van der Waals surface area contributed by atoms with Gasteiger partial charge in [0.2, 0.25) is 0 Å². The van der Waals surface area contributed by atoms with Crippen molar-refractivity contribution in [1.29, 1.82) is 0 Å². The maximum atomic E-state index is 9.65. The predicted octanol–water partition coefficient (Wildman–Crippen LogP) is 0.796. The van der Waals surface area contributed by atoms with Gasteiger partial charge in [-0.05, 0) is 31.9 Å². The van der Waals surface area contributed by atoms with Gasteiger partial charge in [0.15, 0.2) is 17.3 Å². The first-order valence-electron chi connectivity index (χ1n) is 6.30. The molecule has 1 fully saturated rings. The van der Waals surface area contributed by atoms with Crippen molar-refractivity contribution in [3.05, 3.63) is 18.0 Å². The quantitative estimate of drug-likeness (QED) is 0.855. The molecule has 19 heavy (non-hydrogen) atoms. The first-order chi connectivity index (χ1) is 9.22. The summed E-state index contributed by atoms with van der Waals surface area (Å²) in [7, 11) is 0. The lowest BCUT2D eigenvalue weighted by molar-refractivity contribution is 0.154. The normalized spacial score (nSPS) is 19.7. The van der Waals surface area contributed by atoms with E-state index >= 15 is 0 Å². The molecule has 7 nitrogen and oxygen atoms in total. The van der Waals surface area contributed by atoms with E-state index in [4.69, 9.17) is 4.52 Å². The minimum Gasteiger partial charge on any atom is -0.391 e. The molecule has 0 saturated carbocycles. The minimum atomic E-state index is -0.284. The lowest BCUT2D eigenvalue weighted by Gasteiger charge is -2.30. The van der Waals surface area contributed by atoms with Gasteiger partial charge < -0.3 is 14.5 Å². The standard InChI is InChI=1S/C12H15N5O2/c1-8-13-12(19-16-8)10-4-5-11(15-14-10)17-6-2-3-9(18)7-17/h4-5,9,18H,2-3,6-7H2,1H3. The molecule has 1 aliphatic heterocycles. The summed E-state index contributed by atoms with van der Waals surface area (Å²) in [5.41, 5.74) is 0.557. The lowest BCUT2D eigenvalue weighted by Crippen LogP contribution is -2.38. The van der Waals surface area contributed by atoms with Crippen LogP contribution >= 0.6 is 0 Å². The van der Waals surface area contributed by atoms with Crippen LogP contribution in [-0.4, -0.2) is 44.6 Å². The van der Waals surface area contributed by atoms with Gasteiger partial charge in [0, 0.05) is 13.1 Å². The molecule has 1 saturated heterocycles. The molecule has 0 aromatic carbocycles. The van der Waals surface area contributed by atoms with E-state index in [9.17, 15) is 5.11 Å². The van der Waals surface area contributed by atoms with Gasteiger partial charge in [-0.1, -0.05) is 5.16 Å². The Bertz CT molecular complexity index is 554. The third-order valence-corrected chi connectivity index (χ3v) is 3.12. The van der Waals surface area contributed by atoms with Crippen molar-refractivity contribution in [2.75, 3.05) is 18.0 Å². The maximum absolute atomic E-state index is 9.65. The third-order valence-electron chi connectivity index (χ3n) is 3.12. The molecule has 2 aromatic heterocycles. The summed E-state index contributed by atoms with van der Waals surface area (Å²) in [5, 5.41) is 21.6. The second-order valence-electron chi connectivity index (χ2n) is 4.67. The summed E-state index contributed by atoms with van der Waals surface area (Å²) in [4.78, 5) is 6.13. The van der Waals surface area contributed by atoms with Gasteiger partial charge in [0.1, 0.15) is 0 Å². The van der Waals surface area contributed by atoms with Crippen molar-refractivity contribution in [2.45, 2.75) is 25.9 Å². The number of hydrogen-bond donors (Lipinski definition) is 1. The number of β-amino-alcohol motifs (C(OH)–C–C–N with tert-alkyl or cyclic N) is 1. The average Bonchev–Trinajstić information content (AvgIpc) is 2.86. The van der Waals surface area contributed by atoms with Gasteiger partial charge in [-0.15, -0.1) is 10.2 Å². The zero-order chi connectivity index (χ0) is 13.2. The Morgan fingerprint density at radius 3 is 2.89 bits per heavy atom. The van der Waals surface area contributed by atoms with Crippen LogP contribution < -0.4 is 4.90 Å². The zero-order valence-corrected chi connectivity index (χ0v) is 10.7. The molecule has 0 spiro atoms. The molecule has 1 atom stereocenters. The number of aliphatic hydroxyl groups is 1. The van der Waals surface area contributed by atoms with Gasteiger partial charge in [-0.2, -0.15) is 4.98 Å². The van der Waals surface area contributed by atoms with Crippen LogP contribution in [0.25, 0.3) is 11.6 Å². The molecule has 1 unspecified atom stereocenters. The highest BCUT2D eigenvalue weighted by Gasteiger charge is 2.19. The van der Waals surface area contributed by atoms with E-state index in [0.29, 0.717) is 24.0 Å². The van der Waals surface area contributed by atoms with Crippen LogP contribution in [0.3, 0.4) is 0 Å². The molecule has 3 heterocycles. The average molecular weight is 261 g/mol. The SMILES string of the molecule is Cc1noc(-c2ccc(N3CCCC(O)C3)nn2)n1. The van der Waals surface area contributed by atoms with Crippen molar-refractivity contribution in [3.8, 4) is 11.6 Å². The van der Waals surface area contributed by atoms with E-state index in [2.05, 4.69) is 20.3 Å². The molecule has 0 aliphatic carbocycles. The molecule has 1 aliphatic rings. The number of aryl methyl sites for hydroxylation is 1. The van der Waals surface area contributed by atoms with Crippen LogP contribution in [0.15, 0.2) is 16.7 Å². The monoisotopic (exact) mass is 261 g/mol. The Kier molecular flexibility index (Phi) is 3.12. The highest BCUT2D eigenvalue weighted by molar-refractivity contribution is 5.49. The first-order valence-corrected chi connectivity index (χ1v) is 6.30. The summed E-state index contributed by atoms with van der Waals surface area (Å²) in [6, 6.07) is 3.66. The molecule has 0 bridgehead atoms. The molecule has 1 N–H and O–H groups in total. The molecule has 2 aromatic rings. The van der Waals surface area contributed by atoms with E-state index in [1.54, 1.807) is 13.0 Å². The topological polar surface area (TPSA) is 88.2 Å². The van der Waals surface area contributed by atoms with Crippen LogP contribution in [0.4, 0.5) is 5.82 Å². The van der Waals surface area contributed by atoms with Crippen LogP contribution in [0.2, 0.25) is 0 Å². The van der Waals surface area contributed by atoms with Crippen molar-refractivity contribution < 1.29 is 9.63 Å². The van der Waals surface area contributed by atoms with E-state index in [1.165, 1.54) is 0 Å². The fourth-order valence-corrected chi connectivity index (χ4v) is 2.17. The number of anilines is 1. The smallest absolute Gasteiger partial charge is 0.278 e. The molecular formula is C12H15N5O2. The van der Waals surface area contributed by atoms with E-state index in [-0.39, 0.29) is 6.10 Å². The maximum Gasteiger partial charge on any atom is 0.278 e. The molecule has 100 valence electrons. The summed E-state index contributed by atoms with van der Waals surface area (Å²) < 4.78 is 5.04. The van der Waals surface area contributed by atoms with Crippen molar-refractivity contribution >= 4 is 5.82 Å². The van der Waals surface area contributed by atoms with Gasteiger partial charge in [-0.3, -0.25) is 0 Å². The van der Waals surface area contributed by atoms with Gasteiger partial charge >= 0.3 is 0 Å². The van der Waals surface area contributed by atoms with Crippen LogP contribution in [0.1, 0.15) is 18.7 Å². The number of nitrogens with zero attached hydrogens (tertiary/aromatic N) is 5. The largest absolute Gasteiger partial charge is 0.391 e. The number of hydrogen-bond acceptors (Lipinski definition) is 7. The van der Waals surface area contributed by atoms with Crippen LogP contribution in [0.5, 0.6) is 0 Å². The number of aliphatic hydroxyl groups excluding tert-OH is 1.